The zero-order valence-corrected chi connectivity index (χ0v) is 18.4. The molecule has 0 fully saturated rings. The van der Waals surface area contributed by atoms with Crippen LogP contribution in [0.15, 0.2) is 42.7 Å². The summed E-state index contributed by atoms with van der Waals surface area (Å²) < 4.78 is 16.0. The molecule has 6 nitrogen and oxygen atoms in total. The topological polar surface area (TPSA) is 81.7 Å². The van der Waals surface area contributed by atoms with Crippen molar-refractivity contribution in [3.05, 3.63) is 64.7 Å². The number of rotatable bonds is 6. The average Bonchev–Trinajstić information content (AvgIpc) is 3.14. The number of nitrogens with two attached hydrogens (primary N) is 1. The fourth-order valence-corrected chi connectivity index (χ4v) is 3.83. The highest BCUT2D eigenvalue weighted by molar-refractivity contribution is 6.31. The van der Waals surface area contributed by atoms with Crippen molar-refractivity contribution in [2.75, 3.05) is 11.1 Å². The molecule has 1 atom stereocenters. The smallest absolute Gasteiger partial charge is 0.164 e. The van der Waals surface area contributed by atoms with Crippen LogP contribution in [0.5, 0.6) is 0 Å². The predicted molar refractivity (Wildman–Crippen MR) is 124 cm³/mol. The second-order valence-corrected chi connectivity index (χ2v) is 8.00. The zero-order valence-electron chi connectivity index (χ0n) is 17.7. The molecule has 0 aliphatic rings. The molecule has 0 radical (unpaired) electrons. The van der Waals surface area contributed by atoms with Crippen molar-refractivity contribution in [2.45, 2.75) is 39.8 Å². The van der Waals surface area contributed by atoms with Gasteiger partial charge in [-0.3, -0.25) is 0 Å². The van der Waals surface area contributed by atoms with Gasteiger partial charge in [0.25, 0.3) is 0 Å². The SMILES string of the molecule is CCC(C)n1nc(-c2ccc(NCc3c(F)cccc3Cl)cc2C)c2c(N)ncnc21. The van der Waals surface area contributed by atoms with Crippen LogP contribution in [0, 0.1) is 12.7 Å². The third-order valence-electron chi connectivity index (χ3n) is 5.54. The lowest BCUT2D eigenvalue weighted by Gasteiger charge is -2.12. The van der Waals surface area contributed by atoms with E-state index in [0.29, 0.717) is 16.4 Å². The number of hydrogen-bond acceptors (Lipinski definition) is 5. The number of nitrogen functional groups attached to an aromatic ring is 1. The summed E-state index contributed by atoms with van der Waals surface area (Å²) in [5.74, 6) is 0.0798. The van der Waals surface area contributed by atoms with Gasteiger partial charge in [0, 0.05) is 28.4 Å². The van der Waals surface area contributed by atoms with Crippen LogP contribution in [-0.2, 0) is 6.54 Å². The highest BCUT2D eigenvalue weighted by Gasteiger charge is 2.20. The number of hydrogen-bond donors (Lipinski definition) is 2. The zero-order chi connectivity index (χ0) is 22.1. The number of nitrogens with one attached hydrogen (secondary N) is 1. The van der Waals surface area contributed by atoms with Gasteiger partial charge in [-0.2, -0.15) is 5.10 Å². The summed E-state index contributed by atoms with van der Waals surface area (Å²) >= 11 is 6.13. The Morgan fingerprint density at radius 2 is 2.03 bits per heavy atom. The van der Waals surface area contributed by atoms with Crippen molar-refractivity contribution in [3.63, 3.8) is 0 Å². The lowest BCUT2D eigenvalue weighted by molar-refractivity contribution is 0.491. The Kier molecular flexibility index (Phi) is 5.78. The molecule has 2 aromatic carbocycles. The molecule has 3 N–H and O–H groups in total. The first-order valence-electron chi connectivity index (χ1n) is 10.2. The van der Waals surface area contributed by atoms with Gasteiger partial charge in [0.15, 0.2) is 5.65 Å². The Hall–Kier alpha value is -3.19. The standard InChI is InChI=1S/C23H24ClFN6/c1-4-14(3)31-23-20(22(26)28-12-29-23)21(30-31)16-9-8-15(10-13(16)2)27-11-17-18(24)6-5-7-19(17)25/h5-10,12,14,27H,4,11H2,1-3H3,(H2,26,28,29). The van der Waals surface area contributed by atoms with E-state index in [4.69, 9.17) is 22.4 Å². The second-order valence-electron chi connectivity index (χ2n) is 7.59. The van der Waals surface area contributed by atoms with E-state index in [1.807, 2.05) is 29.8 Å². The highest BCUT2D eigenvalue weighted by atomic mass is 35.5. The van der Waals surface area contributed by atoms with E-state index in [1.165, 1.54) is 12.4 Å². The second kappa shape index (κ2) is 8.51. The van der Waals surface area contributed by atoms with Crippen LogP contribution in [0.2, 0.25) is 5.02 Å². The number of halogens is 2. The van der Waals surface area contributed by atoms with Crippen LogP contribution in [0.4, 0.5) is 15.9 Å². The first-order valence-corrected chi connectivity index (χ1v) is 10.5. The molecule has 4 aromatic rings. The van der Waals surface area contributed by atoms with Crippen molar-refractivity contribution in [1.29, 1.82) is 0 Å². The van der Waals surface area contributed by atoms with Crippen LogP contribution in [0.3, 0.4) is 0 Å². The number of aryl methyl sites for hydroxylation is 1. The lowest BCUT2D eigenvalue weighted by Crippen LogP contribution is -2.06. The normalized spacial score (nSPS) is 12.3. The van der Waals surface area contributed by atoms with Crippen LogP contribution >= 0.6 is 11.6 Å². The van der Waals surface area contributed by atoms with Gasteiger partial charge in [-0.05, 0) is 50.1 Å². The predicted octanol–water partition coefficient (Wildman–Crippen LogP) is 5.76. The molecule has 2 heterocycles. The highest BCUT2D eigenvalue weighted by Crippen LogP contribution is 2.34. The monoisotopic (exact) mass is 438 g/mol. The van der Waals surface area contributed by atoms with E-state index >= 15 is 0 Å². The Labute approximate surface area is 185 Å². The Morgan fingerprint density at radius 1 is 1.23 bits per heavy atom. The molecule has 160 valence electrons. The maximum atomic E-state index is 14.0. The molecular weight excluding hydrogens is 415 g/mol. The summed E-state index contributed by atoms with van der Waals surface area (Å²) in [6.45, 7) is 6.50. The molecular formula is C23H24ClFN6. The Bertz CT molecular complexity index is 1230. The van der Waals surface area contributed by atoms with E-state index in [-0.39, 0.29) is 18.4 Å². The molecule has 0 spiro atoms. The minimum Gasteiger partial charge on any atom is -0.383 e. The summed E-state index contributed by atoms with van der Waals surface area (Å²) in [6, 6.07) is 10.8. The van der Waals surface area contributed by atoms with E-state index < -0.39 is 0 Å². The van der Waals surface area contributed by atoms with Gasteiger partial charge in [0.05, 0.1) is 11.4 Å². The van der Waals surface area contributed by atoms with Crippen molar-refractivity contribution < 1.29 is 4.39 Å². The van der Waals surface area contributed by atoms with Gasteiger partial charge in [-0.25, -0.2) is 19.0 Å². The van der Waals surface area contributed by atoms with Crippen LogP contribution in [0.1, 0.15) is 37.4 Å². The Balaban J connectivity index is 1.70. The number of nitrogens with zero attached hydrogens (tertiary/aromatic N) is 4. The van der Waals surface area contributed by atoms with Crippen molar-refractivity contribution in [2.24, 2.45) is 0 Å². The largest absolute Gasteiger partial charge is 0.383 e. The van der Waals surface area contributed by atoms with Crippen molar-refractivity contribution in [1.82, 2.24) is 19.7 Å². The summed E-state index contributed by atoms with van der Waals surface area (Å²) in [7, 11) is 0. The van der Waals surface area contributed by atoms with Crippen molar-refractivity contribution >= 4 is 34.1 Å². The van der Waals surface area contributed by atoms with E-state index in [9.17, 15) is 4.39 Å². The molecule has 0 saturated heterocycles. The molecule has 0 aliphatic carbocycles. The van der Waals surface area contributed by atoms with Crippen LogP contribution in [-0.4, -0.2) is 19.7 Å². The summed E-state index contributed by atoms with van der Waals surface area (Å²) in [5, 5.41) is 9.24. The van der Waals surface area contributed by atoms with Gasteiger partial charge < -0.3 is 11.1 Å². The van der Waals surface area contributed by atoms with E-state index in [2.05, 4.69) is 29.1 Å². The number of fused-ring (bicyclic) bond motifs is 1. The van der Waals surface area contributed by atoms with Gasteiger partial charge in [0.2, 0.25) is 0 Å². The van der Waals surface area contributed by atoms with E-state index in [1.54, 1.807) is 12.1 Å². The number of aromatic nitrogens is 4. The van der Waals surface area contributed by atoms with Crippen LogP contribution in [0.25, 0.3) is 22.3 Å². The van der Waals surface area contributed by atoms with Gasteiger partial charge in [-0.15, -0.1) is 0 Å². The molecule has 8 heteroatoms. The molecule has 0 bridgehead atoms. The number of benzene rings is 2. The third-order valence-corrected chi connectivity index (χ3v) is 5.89. The Morgan fingerprint density at radius 3 is 2.74 bits per heavy atom. The number of anilines is 2. The fourth-order valence-electron chi connectivity index (χ4n) is 3.60. The molecule has 0 aliphatic heterocycles. The van der Waals surface area contributed by atoms with E-state index in [0.717, 1.165) is 40.0 Å². The molecule has 31 heavy (non-hydrogen) atoms. The van der Waals surface area contributed by atoms with Gasteiger partial charge >= 0.3 is 0 Å². The summed E-state index contributed by atoms with van der Waals surface area (Å²) in [6.07, 6.45) is 2.39. The van der Waals surface area contributed by atoms with Gasteiger partial charge in [0.1, 0.15) is 23.7 Å². The quantitative estimate of drug-likeness (QED) is 0.400. The van der Waals surface area contributed by atoms with Gasteiger partial charge in [-0.1, -0.05) is 30.7 Å². The van der Waals surface area contributed by atoms with Crippen molar-refractivity contribution in [3.8, 4) is 11.3 Å². The fraction of sp³-hybridized carbons (Fsp3) is 0.261. The average molecular weight is 439 g/mol. The van der Waals surface area contributed by atoms with Crippen LogP contribution < -0.4 is 11.1 Å². The minimum absolute atomic E-state index is 0.178. The first-order chi connectivity index (χ1) is 14.9. The third kappa shape index (κ3) is 3.93. The molecule has 1 unspecified atom stereocenters. The molecule has 4 rings (SSSR count). The summed E-state index contributed by atoms with van der Waals surface area (Å²) in [4.78, 5) is 8.60. The maximum Gasteiger partial charge on any atom is 0.164 e. The molecule has 0 saturated carbocycles. The minimum atomic E-state index is -0.328. The molecule has 0 amide bonds. The lowest BCUT2D eigenvalue weighted by atomic mass is 10.0. The maximum absolute atomic E-state index is 14.0. The summed E-state index contributed by atoms with van der Waals surface area (Å²) in [5.41, 5.74) is 10.9. The first kappa shape index (κ1) is 21.1. The molecule has 2 aromatic heterocycles.